The van der Waals surface area contributed by atoms with Gasteiger partial charge in [-0.2, -0.15) is 5.26 Å². The predicted octanol–water partition coefficient (Wildman–Crippen LogP) is 1.16. The van der Waals surface area contributed by atoms with Crippen LogP contribution in [0.1, 0.15) is 12.8 Å². The Hall–Kier alpha value is -0.810. The molecule has 0 aromatic carbocycles. The summed E-state index contributed by atoms with van der Waals surface area (Å²) < 4.78 is 0. The standard InChI is InChI=1S/C8H12N2/c1-2-5-10-6-3-4-8(10)7-9/h2,8H,1,3-6H2. The number of hydrogen-bond acceptors (Lipinski definition) is 2. The Bertz CT molecular complexity index is 157. The summed E-state index contributed by atoms with van der Waals surface area (Å²) >= 11 is 0. The monoisotopic (exact) mass is 136 g/mol. The number of likely N-dealkylation sites (tertiary alicyclic amines) is 1. The van der Waals surface area contributed by atoms with Gasteiger partial charge in [-0.05, 0) is 19.4 Å². The molecule has 1 saturated heterocycles. The minimum absolute atomic E-state index is 0.151. The van der Waals surface area contributed by atoms with E-state index in [-0.39, 0.29) is 6.04 Å². The predicted molar refractivity (Wildman–Crippen MR) is 40.4 cm³/mol. The molecule has 0 saturated carbocycles. The smallest absolute Gasteiger partial charge is 0.0981 e. The summed E-state index contributed by atoms with van der Waals surface area (Å²) in [6.07, 6.45) is 4.05. The highest BCUT2D eigenvalue weighted by Crippen LogP contribution is 2.15. The maximum atomic E-state index is 8.64. The lowest BCUT2D eigenvalue weighted by Crippen LogP contribution is -2.27. The molecule has 1 aliphatic rings. The molecule has 1 fully saturated rings. The topological polar surface area (TPSA) is 27.0 Å². The van der Waals surface area contributed by atoms with E-state index in [0.717, 1.165) is 25.9 Å². The second-order valence-electron chi connectivity index (χ2n) is 2.57. The third-order valence-corrected chi connectivity index (χ3v) is 1.88. The van der Waals surface area contributed by atoms with E-state index in [2.05, 4.69) is 17.5 Å². The summed E-state index contributed by atoms with van der Waals surface area (Å²) in [4.78, 5) is 2.16. The number of nitrogens with zero attached hydrogens (tertiary/aromatic N) is 2. The Balaban J connectivity index is 2.43. The molecule has 0 aromatic rings. The highest BCUT2D eigenvalue weighted by atomic mass is 15.2. The van der Waals surface area contributed by atoms with Crippen molar-refractivity contribution in [2.45, 2.75) is 18.9 Å². The molecule has 0 amide bonds. The van der Waals surface area contributed by atoms with Gasteiger partial charge in [0.05, 0.1) is 12.1 Å². The Morgan fingerprint density at radius 2 is 2.60 bits per heavy atom. The van der Waals surface area contributed by atoms with Crippen molar-refractivity contribution in [1.29, 1.82) is 5.26 Å². The zero-order valence-electron chi connectivity index (χ0n) is 6.08. The van der Waals surface area contributed by atoms with E-state index >= 15 is 0 Å². The molecule has 2 heteroatoms. The van der Waals surface area contributed by atoms with Gasteiger partial charge in [-0.3, -0.25) is 4.90 Å². The van der Waals surface area contributed by atoms with Crippen LogP contribution in [0, 0.1) is 11.3 Å². The van der Waals surface area contributed by atoms with Crippen molar-refractivity contribution < 1.29 is 0 Å². The summed E-state index contributed by atoms with van der Waals surface area (Å²) in [7, 11) is 0. The van der Waals surface area contributed by atoms with Gasteiger partial charge in [-0.1, -0.05) is 6.08 Å². The fraction of sp³-hybridized carbons (Fsp3) is 0.625. The molecule has 1 atom stereocenters. The highest BCUT2D eigenvalue weighted by Gasteiger charge is 2.21. The molecule has 0 spiro atoms. The van der Waals surface area contributed by atoms with Gasteiger partial charge in [0, 0.05) is 6.54 Å². The van der Waals surface area contributed by atoms with E-state index in [0.29, 0.717) is 0 Å². The lowest BCUT2D eigenvalue weighted by atomic mass is 10.2. The van der Waals surface area contributed by atoms with Crippen molar-refractivity contribution in [3.05, 3.63) is 12.7 Å². The van der Waals surface area contributed by atoms with Crippen LogP contribution in [-0.2, 0) is 0 Å². The minimum atomic E-state index is 0.151. The summed E-state index contributed by atoms with van der Waals surface area (Å²) in [6.45, 7) is 5.56. The molecule has 0 bridgehead atoms. The van der Waals surface area contributed by atoms with E-state index in [1.54, 1.807) is 0 Å². The van der Waals surface area contributed by atoms with E-state index < -0.39 is 0 Å². The summed E-state index contributed by atoms with van der Waals surface area (Å²) in [5.41, 5.74) is 0. The molecule has 1 unspecified atom stereocenters. The first-order valence-corrected chi connectivity index (χ1v) is 3.63. The first kappa shape index (κ1) is 7.30. The fourth-order valence-corrected chi connectivity index (χ4v) is 1.36. The highest BCUT2D eigenvalue weighted by molar-refractivity contribution is 4.97. The Kier molecular flexibility index (Phi) is 2.47. The van der Waals surface area contributed by atoms with Gasteiger partial charge in [0.15, 0.2) is 0 Å². The molecule has 1 heterocycles. The van der Waals surface area contributed by atoms with Gasteiger partial charge < -0.3 is 0 Å². The van der Waals surface area contributed by atoms with Crippen molar-refractivity contribution in [1.82, 2.24) is 4.90 Å². The van der Waals surface area contributed by atoms with Crippen LogP contribution in [0.5, 0.6) is 0 Å². The first-order chi connectivity index (χ1) is 4.88. The number of hydrogen-bond donors (Lipinski definition) is 0. The second-order valence-corrected chi connectivity index (χ2v) is 2.57. The second kappa shape index (κ2) is 3.38. The third kappa shape index (κ3) is 1.37. The van der Waals surface area contributed by atoms with Crippen LogP contribution in [0.3, 0.4) is 0 Å². The normalized spacial score (nSPS) is 26.1. The van der Waals surface area contributed by atoms with Crippen molar-refractivity contribution in [2.24, 2.45) is 0 Å². The largest absolute Gasteiger partial charge is 0.284 e. The Morgan fingerprint density at radius 1 is 1.80 bits per heavy atom. The van der Waals surface area contributed by atoms with E-state index in [9.17, 15) is 0 Å². The fourth-order valence-electron chi connectivity index (χ4n) is 1.36. The lowest BCUT2D eigenvalue weighted by molar-refractivity contribution is 0.328. The molecule has 1 rings (SSSR count). The van der Waals surface area contributed by atoms with Crippen LogP contribution in [0.2, 0.25) is 0 Å². The zero-order valence-corrected chi connectivity index (χ0v) is 6.08. The van der Waals surface area contributed by atoms with E-state index in [1.807, 2.05) is 6.08 Å². The maximum absolute atomic E-state index is 8.64. The molecule has 0 radical (unpaired) electrons. The van der Waals surface area contributed by atoms with Crippen LogP contribution in [0.4, 0.5) is 0 Å². The molecule has 1 aliphatic heterocycles. The van der Waals surface area contributed by atoms with Crippen LogP contribution in [-0.4, -0.2) is 24.0 Å². The van der Waals surface area contributed by atoms with Crippen molar-refractivity contribution in [3.8, 4) is 6.07 Å². The van der Waals surface area contributed by atoms with Gasteiger partial charge in [0.2, 0.25) is 0 Å². The molecule has 0 aromatic heterocycles. The Morgan fingerprint density at radius 3 is 3.20 bits per heavy atom. The van der Waals surface area contributed by atoms with Crippen LogP contribution in [0.25, 0.3) is 0 Å². The molecule has 0 aliphatic carbocycles. The van der Waals surface area contributed by atoms with Gasteiger partial charge >= 0.3 is 0 Å². The maximum Gasteiger partial charge on any atom is 0.0981 e. The summed E-state index contributed by atoms with van der Waals surface area (Å²) in [6, 6.07) is 2.43. The summed E-state index contributed by atoms with van der Waals surface area (Å²) in [5.74, 6) is 0. The first-order valence-electron chi connectivity index (χ1n) is 3.63. The molecule has 54 valence electrons. The molecule has 10 heavy (non-hydrogen) atoms. The van der Waals surface area contributed by atoms with Crippen molar-refractivity contribution in [2.75, 3.05) is 13.1 Å². The quantitative estimate of drug-likeness (QED) is 0.533. The van der Waals surface area contributed by atoms with Crippen molar-refractivity contribution >= 4 is 0 Å². The lowest BCUT2D eigenvalue weighted by Gasteiger charge is -2.15. The molecular formula is C8H12N2. The Labute approximate surface area is 61.8 Å². The summed E-state index contributed by atoms with van der Waals surface area (Å²) in [5, 5.41) is 8.64. The average molecular weight is 136 g/mol. The van der Waals surface area contributed by atoms with Crippen LogP contribution < -0.4 is 0 Å². The minimum Gasteiger partial charge on any atom is -0.284 e. The van der Waals surface area contributed by atoms with E-state index in [4.69, 9.17) is 5.26 Å². The molecule has 2 nitrogen and oxygen atoms in total. The van der Waals surface area contributed by atoms with Gasteiger partial charge in [-0.25, -0.2) is 0 Å². The molecule has 0 N–H and O–H groups in total. The van der Waals surface area contributed by atoms with Gasteiger partial charge in [0.25, 0.3) is 0 Å². The SMILES string of the molecule is C=CCN1CCCC1C#N. The van der Waals surface area contributed by atoms with Gasteiger partial charge in [0.1, 0.15) is 0 Å². The average Bonchev–Trinajstić information content (AvgIpc) is 2.36. The number of nitriles is 1. The molecular weight excluding hydrogens is 124 g/mol. The third-order valence-electron chi connectivity index (χ3n) is 1.88. The number of rotatable bonds is 2. The van der Waals surface area contributed by atoms with Crippen LogP contribution in [0.15, 0.2) is 12.7 Å². The van der Waals surface area contributed by atoms with Crippen LogP contribution >= 0.6 is 0 Å². The zero-order chi connectivity index (χ0) is 7.40. The van der Waals surface area contributed by atoms with E-state index in [1.165, 1.54) is 0 Å². The van der Waals surface area contributed by atoms with Gasteiger partial charge in [-0.15, -0.1) is 6.58 Å². The van der Waals surface area contributed by atoms with Crippen molar-refractivity contribution in [3.63, 3.8) is 0 Å².